The molecule has 0 fully saturated rings. The third kappa shape index (κ3) is 3.52. The first-order chi connectivity index (χ1) is 10.4. The standard InChI is InChI=1S/C15H13BrF3NO2/c1-2-22-9-3-4-10(12(17)7-9)13-6-5-11(16)15(21)20(13)8-14(18)19/h3-7,14H,2,8H2,1H3. The van der Waals surface area contributed by atoms with Crippen molar-refractivity contribution in [1.82, 2.24) is 4.57 Å². The van der Waals surface area contributed by atoms with Crippen molar-refractivity contribution >= 4 is 15.9 Å². The molecule has 0 saturated carbocycles. The number of benzene rings is 1. The molecule has 0 aliphatic heterocycles. The molecule has 22 heavy (non-hydrogen) atoms. The Kier molecular flexibility index (Phi) is 5.28. The second-order valence-electron chi connectivity index (χ2n) is 4.45. The number of pyridine rings is 1. The van der Waals surface area contributed by atoms with Gasteiger partial charge in [-0.1, -0.05) is 0 Å². The molecule has 3 nitrogen and oxygen atoms in total. The molecule has 0 N–H and O–H groups in total. The summed E-state index contributed by atoms with van der Waals surface area (Å²) in [7, 11) is 0. The number of ether oxygens (including phenoxy) is 1. The quantitative estimate of drug-likeness (QED) is 0.788. The van der Waals surface area contributed by atoms with Crippen LogP contribution in [0.1, 0.15) is 6.92 Å². The molecule has 0 atom stereocenters. The fraction of sp³-hybridized carbons (Fsp3) is 0.267. The van der Waals surface area contributed by atoms with E-state index in [4.69, 9.17) is 4.74 Å². The van der Waals surface area contributed by atoms with Crippen LogP contribution >= 0.6 is 15.9 Å². The summed E-state index contributed by atoms with van der Waals surface area (Å²) in [6, 6.07) is 6.94. The van der Waals surface area contributed by atoms with Crippen LogP contribution in [0.3, 0.4) is 0 Å². The lowest BCUT2D eigenvalue weighted by Crippen LogP contribution is -2.25. The van der Waals surface area contributed by atoms with Crippen LogP contribution in [0, 0.1) is 5.82 Å². The fourth-order valence-corrected chi connectivity index (χ4v) is 2.41. The second-order valence-corrected chi connectivity index (χ2v) is 5.30. The first kappa shape index (κ1) is 16.6. The highest BCUT2D eigenvalue weighted by Gasteiger charge is 2.16. The minimum atomic E-state index is -2.73. The first-order valence-electron chi connectivity index (χ1n) is 6.54. The number of halogens is 4. The molecule has 0 aliphatic rings. The van der Waals surface area contributed by atoms with Crippen LogP contribution in [0.25, 0.3) is 11.3 Å². The van der Waals surface area contributed by atoms with Gasteiger partial charge in [0.2, 0.25) is 0 Å². The number of alkyl halides is 2. The Bertz CT molecular complexity index is 731. The van der Waals surface area contributed by atoms with E-state index in [9.17, 15) is 18.0 Å². The molecule has 0 amide bonds. The SMILES string of the molecule is CCOc1ccc(-c2ccc(Br)c(=O)n2CC(F)F)c(F)c1. The molecule has 1 heterocycles. The zero-order valence-corrected chi connectivity index (χ0v) is 13.2. The molecular weight excluding hydrogens is 363 g/mol. The van der Waals surface area contributed by atoms with Crippen LogP contribution in [0.2, 0.25) is 0 Å². The van der Waals surface area contributed by atoms with Gasteiger partial charge in [0.15, 0.2) is 0 Å². The molecule has 0 aliphatic carbocycles. The van der Waals surface area contributed by atoms with Gasteiger partial charge in [-0.25, -0.2) is 13.2 Å². The minimum absolute atomic E-state index is 0.0636. The highest BCUT2D eigenvalue weighted by molar-refractivity contribution is 9.10. The number of aromatic nitrogens is 1. The molecule has 0 bridgehead atoms. The molecule has 7 heteroatoms. The second kappa shape index (κ2) is 7.00. The zero-order valence-electron chi connectivity index (χ0n) is 11.7. The van der Waals surface area contributed by atoms with E-state index in [1.165, 1.54) is 24.3 Å². The molecule has 2 aromatic rings. The molecule has 118 valence electrons. The van der Waals surface area contributed by atoms with Crippen molar-refractivity contribution in [3.8, 4) is 17.0 Å². The lowest BCUT2D eigenvalue weighted by molar-refractivity contribution is 0.125. The van der Waals surface area contributed by atoms with Gasteiger partial charge in [-0.15, -0.1) is 0 Å². The molecular formula is C15H13BrF3NO2. The van der Waals surface area contributed by atoms with Crippen molar-refractivity contribution in [3.05, 3.63) is 51.0 Å². The lowest BCUT2D eigenvalue weighted by atomic mass is 10.1. The summed E-state index contributed by atoms with van der Waals surface area (Å²) >= 11 is 3.00. The maximum absolute atomic E-state index is 14.2. The van der Waals surface area contributed by atoms with Crippen LogP contribution in [-0.4, -0.2) is 17.6 Å². The van der Waals surface area contributed by atoms with Crippen molar-refractivity contribution in [2.45, 2.75) is 19.9 Å². The molecule has 0 unspecified atom stereocenters. The van der Waals surface area contributed by atoms with Gasteiger partial charge < -0.3 is 9.30 Å². The smallest absolute Gasteiger partial charge is 0.265 e. The van der Waals surface area contributed by atoms with Gasteiger partial charge in [-0.3, -0.25) is 4.79 Å². The third-order valence-corrected chi connectivity index (χ3v) is 3.58. The summed E-state index contributed by atoms with van der Waals surface area (Å²) in [6.07, 6.45) is -2.73. The summed E-state index contributed by atoms with van der Waals surface area (Å²) < 4.78 is 45.8. The van der Waals surface area contributed by atoms with E-state index in [1.54, 1.807) is 6.92 Å². The van der Waals surface area contributed by atoms with E-state index in [-0.39, 0.29) is 15.7 Å². The lowest BCUT2D eigenvalue weighted by Gasteiger charge is -2.14. The summed E-state index contributed by atoms with van der Waals surface area (Å²) in [5.74, 6) is -0.306. The number of hydrogen-bond acceptors (Lipinski definition) is 2. The van der Waals surface area contributed by atoms with Crippen LogP contribution in [0.15, 0.2) is 39.6 Å². The Morgan fingerprint density at radius 3 is 2.59 bits per heavy atom. The number of hydrogen-bond donors (Lipinski definition) is 0. The molecule has 0 radical (unpaired) electrons. The third-order valence-electron chi connectivity index (χ3n) is 2.98. The summed E-state index contributed by atoms with van der Waals surface area (Å²) in [6.45, 7) is 1.34. The summed E-state index contributed by atoms with van der Waals surface area (Å²) in [4.78, 5) is 12.0. The Morgan fingerprint density at radius 1 is 1.27 bits per heavy atom. The van der Waals surface area contributed by atoms with Crippen molar-refractivity contribution in [2.75, 3.05) is 6.61 Å². The van der Waals surface area contributed by atoms with Crippen molar-refractivity contribution in [2.24, 2.45) is 0 Å². The monoisotopic (exact) mass is 375 g/mol. The molecule has 0 spiro atoms. The van der Waals surface area contributed by atoms with Crippen LogP contribution in [0.5, 0.6) is 5.75 Å². The maximum Gasteiger partial charge on any atom is 0.265 e. The van der Waals surface area contributed by atoms with Crippen molar-refractivity contribution in [1.29, 1.82) is 0 Å². The fourth-order valence-electron chi connectivity index (χ4n) is 2.07. The Labute approximate surface area is 133 Å². The highest BCUT2D eigenvalue weighted by atomic mass is 79.9. The predicted octanol–water partition coefficient (Wildman–Crippen LogP) is 4.08. The first-order valence-corrected chi connectivity index (χ1v) is 7.33. The van der Waals surface area contributed by atoms with Gasteiger partial charge in [0, 0.05) is 11.6 Å². The molecule has 1 aromatic heterocycles. The van der Waals surface area contributed by atoms with E-state index in [0.29, 0.717) is 12.4 Å². The van der Waals surface area contributed by atoms with E-state index in [0.717, 1.165) is 10.6 Å². The summed E-state index contributed by atoms with van der Waals surface area (Å²) in [5.41, 5.74) is -0.478. The van der Waals surface area contributed by atoms with Crippen LogP contribution < -0.4 is 10.3 Å². The average Bonchev–Trinajstić information content (AvgIpc) is 2.45. The largest absolute Gasteiger partial charge is 0.494 e. The van der Waals surface area contributed by atoms with E-state index >= 15 is 0 Å². The average molecular weight is 376 g/mol. The Balaban J connectivity index is 2.57. The predicted molar refractivity (Wildman–Crippen MR) is 81.0 cm³/mol. The molecule has 0 saturated heterocycles. The normalized spacial score (nSPS) is 11.0. The highest BCUT2D eigenvalue weighted by Crippen LogP contribution is 2.26. The van der Waals surface area contributed by atoms with Gasteiger partial charge in [-0.2, -0.15) is 0 Å². The number of rotatable bonds is 5. The van der Waals surface area contributed by atoms with E-state index in [1.807, 2.05) is 0 Å². The Morgan fingerprint density at radius 2 is 2.00 bits per heavy atom. The van der Waals surface area contributed by atoms with Gasteiger partial charge >= 0.3 is 0 Å². The van der Waals surface area contributed by atoms with Gasteiger partial charge in [0.05, 0.1) is 23.3 Å². The van der Waals surface area contributed by atoms with Gasteiger partial charge in [0.1, 0.15) is 11.6 Å². The van der Waals surface area contributed by atoms with E-state index < -0.39 is 24.3 Å². The van der Waals surface area contributed by atoms with Crippen molar-refractivity contribution < 1.29 is 17.9 Å². The topological polar surface area (TPSA) is 31.2 Å². The van der Waals surface area contributed by atoms with Crippen LogP contribution in [0.4, 0.5) is 13.2 Å². The Hall–Kier alpha value is -1.76. The van der Waals surface area contributed by atoms with E-state index in [2.05, 4.69) is 15.9 Å². The molecule has 1 aromatic carbocycles. The van der Waals surface area contributed by atoms with Crippen molar-refractivity contribution in [3.63, 3.8) is 0 Å². The van der Waals surface area contributed by atoms with Crippen LogP contribution in [-0.2, 0) is 6.54 Å². The summed E-state index contributed by atoms with van der Waals surface area (Å²) in [5, 5.41) is 0. The van der Waals surface area contributed by atoms with Gasteiger partial charge in [0.25, 0.3) is 12.0 Å². The minimum Gasteiger partial charge on any atom is -0.494 e. The number of nitrogens with zero attached hydrogens (tertiary/aromatic N) is 1. The van der Waals surface area contributed by atoms with Gasteiger partial charge in [-0.05, 0) is 47.1 Å². The molecule has 2 rings (SSSR count). The zero-order chi connectivity index (χ0) is 16.3. The maximum atomic E-state index is 14.2.